The molecule has 0 fully saturated rings. The van der Waals surface area contributed by atoms with Gasteiger partial charge in [-0.25, -0.2) is 9.97 Å². The Balaban J connectivity index is 2.11. The minimum Gasteiger partial charge on any atom is -0.368 e. The molecule has 2 aromatic heterocycles. The van der Waals surface area contributed by atoms with Crippen molar-refractivity contribution < 1.29 is 4.79 Å². The largest absolute Gasteiger partial charge is 0.368 e. The van der Waals surface area contributed by atoms with Crippen molar-refractivity contribution in [3.63, 3.8) is 0 Å². The van der Waals surface area contributed by atoms with E-state index in [2.05, 4.69) is 23.8 Å². The third kappa shape index (κ3) is 3.09. The van der Waals surface area contributed by atoms with E-state index in [1.54, 1.807) is 11.3 Å². The number of carbonyl (C=O) groups excluding carboxylic acids is 1. The maximum absolute atomic E-state index is 12.0. The number of amides is 1. The van der Waals surface area contributed by atoms with E-state index in [1.165, 1.54) is 22.2 Å². The molecule has 6 heteroatoms. The summed E-state index contributed by atoms with van der Waals surface area (Å²) in [6, 6.07) is 9.57. The van der Waals surface area contributed by atoms with Gasteiger partial charge in [-0.15, -0.1) is 11.3 Å². The quantitative estimate of drug-likeness (QED) is 0.575. The molecule has 0 saturated carbocycles. The van der Waals surface area contributed by atoms with Crippen molar-refractivity contribution in [1.29, 1.82) is 0 Å². The van der Waals surface area contributed by atoms with Gasteiger partial charge in [0, 0.05) is 10.3 Å². The van der Waals surface area contributed by atoms with E-state index in [1.807, 2.05) is 37.3 Å². The summed E-state index contributed by atoms with van der Waals surface area (Å²) in [6.07, 6.45) is 0. The SMILES string of the molecule is Cc1nc(SC(C(N)=O)c2ccccc2)c2c(C)c(C)sc2n1. The molecule has 118 valence electrons. The number of aryl methyl sites for hydroxylation is 3. The molecule has 0 aliphatic heterocycles. The minimum absolute atomic E-state index is 0.366. The highest BCUT2D eigenvalue weighted by Crippen LogP contribution is 2.41. The molecular formula is C17H17N3OS2. The predicted molar refractivity (Wildman–Crippen MR) is 95.9 cm³/mol. The second-order valence-corrected chi connectivity index (χ2v) is 7.65. The number of benzene rings is 1. The van der Waals surface area contributed by atoms with Gasteiger partial charge in [-0.3, -0.25) is 4.79 Å². The molecule has 4 nitrogen and oxygen atoms in total. The van der Waals surface area contributed by atoms with Crippen molar-refractivity contribution in [3.05, 3.63) is 52.2 Å². The van der Waals surface area contributed by atoms with Crippen LogP contribution < -0.4 is 5.73 Å². The second kappa shape index (κ2) is 6.29. The van der Waals surface area contributed by atoms with Crippen LogP contribution in [0.3, 0.4) is 0 Å². The van der Waals surface area contributed by atoms with Gasteiger partial charge in [0.25, 0.3) is 0 Å². The molecule has 3 aromatic rings. The number of nitrogens with two attached hydrogens (primary N) is 1. The summed E-state index contributed by atoms with van der Waals surface area (Å²) in [5, 5.41) is 1.39. The fourth-order valence-corrected chi connectivity index (χ4v) is 4.75. The van der Waals surface area contributed by atoms with Gasteiger partial charge in [-0.1, -0.05) is 42.1 Å². The van der Waals surface area contributed by atoms with E-state index in [4.69, 9.17) is 5.73 Å². The number of nitrogens with zero attached hydrogens (tertiary/aromatic N) is 2. The van der Waals surface area contributed by atoms with Crippen molar-refractivity contribution in [2.75, 3.05) is 0 Å². The zero-order chi connectivity index (χ0) is 16.6. The number of hydrogen-bond acceptors (Lipinski definition) is 5. The highest BCUT2D eigenvalue weighted by Gasteiger charge is 2.23. The van der Waals surface area contributed by atoms with E-state index in [0.29, 0.717) is 5.82 Å². The van der Waals surface area contributed by atoms with Gasteiger partial charge in [0.1, 0.15) is 20.9 Å². The summed E-state index contributed by atoms with van der Waals surface area (Å²) in [5.41, 5.74) is 7.70. The Kier molecular flexibility index (Phi) is 4.37. The molecule has 3 rings (SSSR count). The molecule has 23 heavy (non-hydrogen) atoms. The van der Waals surface area contributed by atoms with Crippen LogP contribution in [-0.4, -0.2) is 15.9 Å². The summed E-state index contributed by atoms with van der Waals surface area (Å²) >= 11 is 3.06. The average molecular weight is 343 g/mol. The molecule has 0 spiro atoms. The predicted octanol–water partition coefficient (Wildman–Crippen LogP) is 3.94. The highest BCUT2D eigenvalue weighted by molar-refractivity contribution is 8.00. The van der Waals surface area contributed by atoms with Crippen LogP contribution in [0, 0.1) is 20.8 Å². The molecule has 0 aliphatic rings. The van der Waals surface area contributed by atoms with Crippen LogP contribution in [0.15, 0.2) is 35.4 Å². The topological polar surface area (TPSA) is 68.9 Å². The molecule has 0 radical (unpaired) electrons. The van der Waals surface area contributed by atoms with Crippen molar-refractivity contribution >= 4 is 39.2 Å². The maximum Gasteiger partial charge on any atom is 0.235 e. The monoisotopic (exact) mass is 343 g/mol. The van der Waals surface area contributed by atoms with Crippen LogP contribution >= 0.6 is 23.1 Å². The molecule has 2 N–H and O–H groups in total. The number of fused-ring (bicyclic) bond motifs is 1. The molecule has 2 heterocycles. The number of carbonyl (C=O) groups is 1. The lowest BCUT2D eigenvalue weighted by Crippen LogP contribution is -2.19. The van der Waals surface area contributed by atoms with Gasteiger partial charge in [0.2, 0.25) is 5.91 Å². The zero-order valence-electron chi connectivity index (χ0n) is 13.2. The van der Waals surface area contributed by atoms with E-state index in [9.17, 15) is 4.79 Å². The van der Waals surface area contributed by atoms with Crippen molar-refractivity contribution in [1.82, 2.24) is 9.97 Å². The Morgan fingerprint density at radius 1 is 1.17 bits per heavy atom. The van der Waals surface area contributed by atoms with Crippen molar-refractivity contribution in [2.45, 2.75) is 31.0 Å². The molecular weight excluding hydrogens is 326 g/mol. The maximum atomic E-state index is 12.0. The first-order valence-corrected chi connectivity index (χ1v) is 8.92. The summed E-state index contributed by atoms with van der Waals surface area (Å²) in [7, 11) is 0. The first kappa shape index (κ1) is 16.0. The van der Waals surface area contributed by atoms with Crippen LogP contribution in [0.1, 0.15) is 27.1 Å². The van der Waals surface area contributed by atoms with Crippen LogP contribution in [0.5, 0.6) is 0 Å². The Hall–Kier alpha value is -1.92. The van der Waals surface area contributed by atoms with Crippen LogP contribution in [-0.2, 0) is 4.79 Å². The molecule has 1 aromatic carbocycles. The molecule has 0 bridgehead atoms. The lowest BCUT2D eigenvalue weighted by atomic mass is 10.1. The first-order valence-electron chi connectivity index (χ1n) is 7.22. The Morgan fingerprint density at radius 2 is 1.87 bits per heavy atom. The fourth-order valence-electron chi connectivity index (χ4n) is 2.43. The van der Waals surface area contributed by atoms with Crippen molar-refractivity contribution in [3.8, 4) is 0 Å². The fraction of sp³-hybridized carbons (Fsp3) is 0.235. The number of hydrogen-bond donors (Lipinski definition) is 1. The smallest absolute Gasteiger partial charge is 0.235 e. The second-order valence-electron chi connectivity index (χ2n) is 5.35. The standard InChI is InChI=1S/C17H17N3OS2/c1-9-10(2)22-16-13(9)17(20-11(3)19-16)23-14(15(18)21)12-7-5-4-6-8-12/h4-8,14H,1-3H3,(H2,18,21). The van der Waals surface area contributed by atoms with E-state index < -0.39 is 5.25 Å². The third-order valence-electron chi connectivity index (χ3n) is 3.70. The third-order valence-corrected chi connectivity index (χ3v) is 6.06. The van der Waals surface area contributed by atoms with Crippen LogP contribution in [0.25, 0.3) is 10.2 Å². The lowest BCUT2D eigenvalue weighted by molar-refractivity contribution is -0.117. The molecule has 0 aliphatic carbocycles. The van der Waals surface area contributed by atoms with Gasteiger partial charge in [-0.2, -0.15) is 0 Å². The van der Waals surface area contributed by atoms with Crippen LogP contribution in [0.4, 0.5) is 0 Å². The molecule has 1 amide bonds. The highest BCUT2D eigenvalue weighted by atomic mass is 32.2. The first-order chi connectivity index (χ1) is 11.0. The molecule has 1 atom stereocenters. The number of thiophene rings is 1. The summed E-state index contributed by atoms with van der Waals surface area (Å²) < 4.78 is 0. The van der Waals surface area contributed by atoms with Crippen molar-refractivity contribution in [2.24, 2.45) is 5.73 Å². The lowest BCUT2D eigenvalue weighted by Gasteiger charge is -2.14. The van der Waals surface area contributed by atoms with Gasteiger partial charge in [0.05, 0.1) is 0 Å². The Morgan fingerprint density at radius 3 is 2.52 bits per heavy atom. The minimum atomic E-state index is -0.465. The summed E-state index contributed by atoms with van der Waals surface area (Å²) in [4.78, 5) is 23.3. The summed E-state index contributed by atoms with van der Waals surface area (Å²) in [6.45, 7) is 6.02. The number of aromatic nitrogens is 2. The number of rotatable bonds is 4. The van der Waals surface area contributed by atoms with E-state index in [-0.39, 0.29) is 5.91 Å². The van der Waals surface area contributed by atoms with Gasteiger partial charge < -0.3 is 5.73 Å². The van der Waals surface area contributed by atoms with Gasteiger partial charge in [0.15, 0.2) is 0 Å². The summed E-state index contributed by atoms with van der Waals surface area (Å²) in [5.74, 6) is 0.341. The average Bonchev–Trinajstić information content (AvgIpc) is 2.79. The molecule has 1 unspecified atom stereocenters. The van der Waals surface area contributed by atoms with Crippen LogP contribution in [0.2, 0.25) is 0 Å². The number of primary amides is 1. The van der Waals surface area contributed by atoms with E-state index in [0.717, 1.165) is 20.8 Å². The zero-order valence-corrected chi connectivity index (χ0v) is 14.8. The molecule has 0 saturated heterocycles. The Bertz CT molecular complexity index is 874. The van der Waals surface area contributed by atoms with E-state index >= 15 is 0 Å². The normalized spacial score (nSPS) is 12.5. The van der Waals surface area contributed by atoms with Gasteiger partial charge in [-0.05, 0) is 31.9 Å². The number of thioether (sulfide) groups is 1. The van der Waals surface area contributed by atoms with Gasteiger partial charge >= 0.3 is 0 Å². The Labute approximate surface area is 143 Å².